The monoisotopic (exact) mass is 186 g/mol. The number of likely N-dealkylation sites (N-methyl/N-ethyl adjacent to an activating group) is 1. The molecule has 0 aromatic carbocycles. The first-order chi connectivity index (χ1) is 6.33. The van der Waals surface area contributed by atoms with Gasteiger partial charge < -0.3 is 10.1 Å². The zero-order chi connectivity index (χ0) is 9.68. The van der Waals surface area contributed by atoms with Gasteiger partial charge in [0.25, 0.3) is 0 Å². The van der Waals surface area contributed by atoms with Crippen LogP contribution in [-0.2, 0) is 4.74 Å². The van der Waals surface area contributed by atoms with Crippen LogP contribution in [0.5, 0.6) is 0 Å². The molecule has 0 saturated carbocycles. The number of nitrogens with one attached hydrogen (secondary N) is 1. The van der Waals surface area contributed by atoms with E-state index in [9.17, 15) is 0 Å². The van der Waals surface area contributed by atoms with Gasteiger partial charge in [-0.2, -0.15) is 0 Å². The molecule has 0 unspecified atom stereocenters. The summed E-state index contributed by atoms with van der Waals surface area (Å²) in [5, 5.41) is 3.37. The van der Waals surface area contributed by atoms with Crippen LogP contribution in [0.2, 0.25) is 0 Å². The summed E-state index contributed by atoms with van der Waals surface area (Å²) in [5.74, 6) is 0. The lowest BCUT2D eigenvalue weighted by atomic mass is 10.0. The van der Waals surface area contributed by atoms with Crippen molar-refractivity contribution in [2.45, 2.75) is 32.4 Å². The highest BCUT2D eigenvalue weighted by Crippen LogP contribution is 2.14. The van der Waals surface area contributed by atoms with Crippen molar-refractivity contribution in [3.05, 3.63) is 0 Å². The first kappa shape index (κ1) is 11.0. The largest absolute Gasteiger partial charge is 0.378 e. The van der Waals surface area contributed by atoms with E-state index in [2.05, 4.69) is 24.1 Å². The summed E-state index contributed by atoms with van der Waals surface area (Å²) in [7, 11) is 1.81. The Morgan fingerprint density at radius 2 is 2.08 bits per heavy atom. The highest BCUT2D eigenvalue weighted by molar-refractivity contribution is 4.85. The molecule has 0 amide bonds. The van der Waals surface area contributed by atoms with Crippen molar-refractivity contribution in [2.75, 3.05) is 33.3 Å². The number of nitrogens with zero attached hydrogens (tertiary/aromatic N) is 1. The zero-order valence-electron chi connectivity index (χ0n) is 9.05. The van der Waals surface area contributed by atoms with Crippen LogP contribution in [0.25, 0.3) is 0 Å². The van der Waals surface area contributed by atoms with Crippen LogP contribution in [0.1, 0.15) is 20.3 Å². The normalized spacial score (nSPS) is 29.5. The summed E-state index contributed by atoms with van der Waals surface area (Å²) in [4.78, 5) is 2.50. The van der Waals surface area contributed by atoms with Crippen molar-refractivity contribution in [3.63, 3.8) is 0 Å². The smallest absolute Gasteiger partial charge is 0.0850 e. The summed E-state index contributed by atoms with van der Waals surface area (Å²) in [5.41, 5.74) is 0. The Morgan fingerprint density at radius 3 is 2.62 bits per heavy atom. The number of hydrogen-bond donors (Lipinski definition) is 1. The molecule has 0 spiro atoms. The molecule has 13 heavy (non-hydrogen) atoms. The molecule has 3 nitrogen and oxygen atoms in total. The van der Waals surface area contributed by atoms with Crippen molar-refractivity contribution in [2.24, 2.45) is 0 Å². The van der Waals surface area contributed by atoms with Gasteiger partial charge in [0, 0.05) is 19.7 Å². The Balaban J connectivity index is 2.51. The van der Waals surface area contributed by atoms with Gasteiger partial charge in [0.15, 0.2) is 0 Å². The maximum Gasteiger partial charge on any atom is 0.0850 e. The molecule has 78 valence electrons. The average Bonchev–Trinajstić information content (AvgIpc) is 2.20. The molecule has 2 atom stereocenters. The third-order valence-corrected chi connectivity index (χ3v) is 2.98. The van der Waals surface area contributed by atoms with E-state index in [4.69, 9.17) is 4.74 Å². The summed E-state index contributed by atoms with van der Waals surface area (Å²) in [6.07, 6.45) is 1.58. The van der Waals surface area contributed by atoms with Gasteiger partial charge in [-0.1, -0.05) is 13.8 Å². The van der Waals surface area contributed by atoms with Crippen LogP contribution in [0.3, 0.4) is 0 Å². The lowest BCUT2D eigenvalue weighted by Gasteiger charge is -2.38. The van der Waals surface area contributed by atoms with E-state index in [0.717, 1.165) is 26.2 Å². The third kappa shape index (κ3) is 2.66. The number of ether oxygens (including phenoxy) is 1. The molecule has 1 N–H and O–H groups in total. The van der Waals surface area contributed by atoms with Crippen LogP contribution in [0, 0.1) is 0 Å². The lowest BCUT2D eigenvalue weighted by Crippen LogP contribution is -2.53. The van der Waals surface area contributed by atoms with Crippen molar-refractivity contribution < 1.29 is 4.74 Å². The predicted octanol–water partition coefficient (Wildman–Crippen LogP) is 0.705. The van der Waals surface area contributed by atoms with Gasteiger partial charge >= 0.3 is 0 Å². The van der Waals surface area contributed by atoms with E-state index in [0.29, 0.717) is 12.1 Å². The molecule has 0 aromatic heterocycles. The number of piperidine rings is 1. The minimum atomic E-state index is 0.369. The van der Waals surface area contributed by atoms with E-state index >= 15 is 0 Å². The molecule has 0 bridgehead atoms. The molecule has 3 heteroatoms. The minimum Gasteiger partial charge on any atom is -0.378 e. The quantitative estimate of drug-likeness (QED) is 0.699. The second kappa shape index (κ2) is 5.58. The maximum absolute atomic E-state index is 5.48. The molecule has 1 saturated heterocycles. The second-order valence-corrected chi connectivity index (χ2v) is 3.56. The van der Waals surface area contributed by atoms with Crippen molar-refractivity contribution in [1.29, 1.82) is 0 Å². The molecule has 0 aliphatic carbocycles. The van der Waals surface area contributed by atoms with Gasteiger partial charge in [-0.15, -0.1) is 0 Å². The van der Waals surface area contributed by atoms with E-state index in [1.165, 1.54) is 6.42 Å². The topological polar surface area (TPSA) is 24.5 Å². The maximum atomic E-state index is 5.48. The van der Waals surface area contributed by atoms with E-state index in [1.54, 1.807) is 0 Å². The van der Waals surface area contributed by atoms with E-state index in [-0.39, 0.29) is 0 Å². The molecule has 0 radical (unpaired) electrons. The summed E-state index contributed by atoms with van der Waals surface area (Å²) < 4.78 is 5.48. The van der Waals surface area contributed by atoms with Gasteiger partial charge in [-0.25, -0.2) is 0 Å². The number of rotatable bonds is 4. The zero-order valence-corrected chi connectivity index (χ0v) is 9.05. The molecule has 1 aliphatic rings. The highest BCUT2D eigenvalue weighted by Gasteiger charge is 2.28. The first-order valence-electron chi connectivity index (χ1n) is 5.31. The van der Waals surface area contributed by atoms with Crippen LogP contribution < -0.4 is 5.32 Å². The average molecular weight is 186 g/mol. The summed E-state index contributed by atoms with van der Waals surface area (Å²) in [6.45, 7) is 8.82. The molecule has 1 heterocycles. The molecule has 1 aliphatic heterocycles. The van der Waals surface area contributed by atoms with Gasteiger partial charge in [0.1, 0.15) is 0 Å². The van der Waals surface area contributed by atoms with Gasteiger partial charge in [-0.05, 0) is 26.1 Å². The fraction of sp³-hybridized carbons (Fsp3) is 1.00. The molecule has 0 aromatic rings. The lowest BCUT2D eigenvalue weighted by molar-refractivity contribution is 0.00128. The number of hydrogen-bond acceptors (Lipinski definition) is 3. The summed E-state index contributed by atoms with van der Waals surface area (Å²) in [6, 6.07) is 0.612. The fourth-order valence-corrected chi connectivity index (χ4v) is 2.17. The van der Waals surface area contributed by atoms with Crippen molar-refractivity contribution >= 4 is 0 Å². The summed E-state index contributed by atoms with van der Waals surface area (Å²) >= 11 is 0. The first-order valence-corrected chi connectivity index (χ1v) is 5.31. The van der Waals surface area contributed by atoms with Gasteiger partial charge in [0.05, 0.1) is 6.10 Å². The second-order valence-electron chi connectivity index (χ2n) is 3.56. The SMILES string of the molecule is CCN(CC)[C@@H]1CCNC[C@@H]1OC. The highest BCUT2D eigenvalue weighted by atomic mass is 16.5. The van der Waals surface area contributed by atoms with E-state index < -0.39 is 0 Å². The van der Waals surface area contributed by atoms with Crippen molar-refractivity contribution in [1.82, 2.24) is 10.2 Å². The van der Waals surface area contributed by atoms with Crippen LogP contribution in [0.15, 0.2) is 0 Å². The van der Waals surface area contributed by atoms with Gasteiger partial charge in [-0.3, -0.25) is 4.90 Å². The molecule has 1 fully saturated rings. The predicted molar refractivity (Wildman–Crippen MR) is 55.0 cm³/mol. The molecular weight excluding hydrogens is 164 g/mol. The molecule has 1 rings (SSSR count). The fourth-order valence-electron chi connectivity index (χ4n) is 2.17. The van der Waals surface area contributed by atoms with Crippen LogP contribution >= 0.6 is 0 Å². The Hall–Kier alpha value is -0.120. The Kier molecular flexibility index (Phi) is 4.70. The van der Waals surface area contributed by atoms with Crippen LogP contribution in [0.4, 0.5) is 0 Å². The third-order valence-electron chi connectivity index (χ3n) is 2.98. The molecular formula is C10H22N2O. The minimum absolute atomic E-state index is 0.369. The Labute approximate surface area is 81.4 Å². The Morgan fingerprint density at radius 1 is 1.38 bits per heavy atom. The Bertz CT molecular complexity index is 129. The van der Waals surface area contributed by atoms with Gasteiger partial charge in [0.2, 0.25) is 0 Å². The standard InChI is InChI=1S/C10H22N2O/c1-4-12(5-2)9-6-7-11-8-10(9)13-3/h9-11H,4-8H2,1-3H3/t9-,10+/m1/s1. The van der Waals surface area contributed by atoms with Crippen molar-refractivity contribution in [3.8, 4) is 0 Å². The van der Waals surface area contributed by atoms with E-state index in [1.807, 2.05) is 7.11 Å². The number of methoxy groups -OCH3 is 1. The van der Waals surface area contributed by atoms with Crippen LogP contribution in [-0.4, -0.2) is 50.3 Å².